The van der Waals surface area contributed by atoms with Crippen LogP contribution in [-0.2, 0) is 14.0 Å². The number of aliphatic imine (C=N–C) groups is 1. The number of hydrogen-bond acceptors (Lipinski definition) is 7. The molecule has 0 bridgehead atoms. The van der Waals surface area contributed by atoms with E-state index in [1.54, 1.807) is 4.90 Å². The highest BCUT2D eigenvalue weighted by molar-refractivity contribution is 6.71. The number of likely N-dealkylation sites (tertiary alicyclic amines) is 1. The number of hydroxylamine groups is 1. The molecule has 3 aliphatic heterocycles. The molecule has 8 nitrogen and oxygen atoms in total. The summed E-state index contributed by atoms with van der Waals surface area (Å²) in [5, 5.41) is 0. The molecule has 9 heteroatoms. The third-order valence-electron chi connectivity index (χ3n) is 6.19. The zero-order chi connectivity index (χ0) is 22.6. The maximum Gasteiger partial charge on any atom is 0.410 e. The second kappa shape index (κ2) is 10.2. The highest BCUT2D eigenvalue weighted by atomic mass is 28.4. The minimum absolute atomic E-state index is 0.215. The SMILES string of the molecule is CCCCON[C@@H]1CC[C@H]2C(=NC3CCN(C(=O)OC(C)(C)C)CC3)O[Si](C)(C)N2C1. The Hall–Kier alpha value is -1.16. The number of unbranched alkanes of at least 4 members (excludes halogenated alkanes) is 1. The molecule has 1 N–H and O–H groups in total. The Morgan fingerprint density at radius 1 is 1.23 bits per heavy atom. The third kappa shape index (κ3) is 6.66. The van der Waals surface area contributed by atoms with Gasteiger partial charge in [0.15, 0.2) is 5.90 Å². The van der Waals surface area contributed by atoms with Crippen molar-refractivity contribution in [3.63, 3.8) is 0 Å². The second-order valence-corrected chi connectivity index (χ2v) is 14.1. The Morgan fingerprint density at radius 2 is 1.94 bits per heavy atom. The average molecular weight is 455 g/mol. The van der Waals surface area contributed by atoms with Gasteiger partial charge in [0.05, 0.1) is 18.7 Å². The Labute approximate surface area is 188 Å². The van der Waals surface area contributed by atoms with Crippen molar-refractivity contribution in [3.8, 4) is 0 Å². The van der Waals surface area contributed by atoms with Gasteiger partial charge in [-0.3, -0.25) is 9.56 Å². The predicted molar refractivity (Wildman–Crippen MR) is 124 cm³/mol. The normalized spacial score (nSPS) is 28.5. The fourth-order valence-electron chi connectivity index (χ4n) is 4.49. The Kier molecular flexibility index (Phi) is 8.04. The van der Waals surface area contributed by atoms with Gasteiger partial charge in [-0.15, -0.1) is 0 Å². The zero-order valence-corrected chi connectivity index (χ0v) is 21.3. The van der Waals surface area contributed by atoms with E-state index in [0.717, 1.165) is 57.6 Å². The van der Waals surface area contributed by atoms with Gasteiger partial charge in [0.25, 0.3) is 0 Å². The van der Waals surface area contributed by atoms with Crippen LogP contribution in [0.25, 0.3) is 0 Å². The quantitative estimate of drug-likeness (QED) is 0.375. The van der Waals surface area contributed by atoms with Crippen LogP contribution in [0.1, 0.15) is 66.2 Å². The summed E-state index contributed by atoms with van der Waals surface area (Å²) in [6.07, 6.45) is 5.83. The van der Waals surface area contributed by atoms with E-state index in [2.05, 4.69) is 30.1 Å². The molecule has 0 aromatic heterocycles. The number of carbonyl (C=O) groups is 1. The summed E-state index contributed by atoms with van der Waals surface area (Å²) in [6, 6.07) is 0.853. The predicted octanol–water partition coefficient (Wildman–Crippen LogP) is 3.67. The number of nitrogens with one attached hydrogen (secondary N) is 1. The molecule has 3 aliphatic rings. The minimum atomic E-state index is -1.98. The van der Waals surface area contributed by atoms with E-state index in [4.69, 9.17) is 19.0 Å². The zero-order valence-electron chi connectivity index (χ0n) is 20.3. The summed E-state index contributed by atoms with van der Waals surface area (Å²) in [6.45, 7) is 15.5. The van der Waals surface area contributed by atoms with Crippen molar-refractivity contribution >= 4 is 20.5 Å². The van der Waals surface area contributed by atoms with E-state index in [9.17, 15) is 4.79 Å². The standard InChI is InChI=1S/C22H42N4O4Si/c1-7-8-15-28-24-18-9-10-19-20(30-31(5,6)26(19)16-18)23-17-11-13-25(14-12-17)21(27)29-22(2,3)4/h17-19,24H,7-16H2,1-6H3/t18-,19+/m1/s1. The number of fused-ring (bicyclic) bond motifs is 1. The van der Waals surface area contributed by atoms with Crippen LogP contribution in [0.15, 0.2) is 4.99 Å². The van der Waals surface area contributed by atoms with Crippen LogP contribution >= 0.6 is 0 Å². The lowest BCUT2D eigenvalue weighted by atomic mass is 10.0. The Bertz CT molecular complexity index is 644. The monoisotopic (exact) mass is 454 g/mol. The Balaban J connectivity index is 1.53. The molecule has 1 amide bonds. The van der Waals surface area contributed by atoms with E-state index >= 15 is 0 Å². The van der Waals surface area contributed by atoms with Gasteiger partial charge in [-0.1, -0.05) is 13.3 Å². The summed E-state index contributed by atoms with van der Waals surface area (Å²) in [5.74, 6) is 0.928. The van der Waals surface area contributed by atoms with Crippen LogP contribution in [0.5, 0.6) is 0 Å². The molecule has 3 rings (SSSR count). The number of piperidine rings is 2. The average Bonchev–Trinajstić information content (AvgIpc) is 2.94. The van der Waals surface area contributed by atoms with Crippen LogP contribution in [-0.4, -0.2) is 79.9 Å². The molecule has 3 heterocycles. The van der Waals surface area contributed by atoms with Crippen LogP contribution in [0.3, 0.4) is 0 Å². The number of amides is 1. The van der Waals surface area contributed by atoms with Crippen molar-refractivity contribution in [2.24, 2.45) is 4.99 Å². The maximum atomic E-state index is 12.3. The first-order valence-corrected chi connectivity index (χ1v) is 14.8. The lowest BCUT2D eigenvalue weighted by molar-refractivity contribution is -0.000264. The minimum Gasteiger partial charge on any atom is -0.519 e. The number of carbonyl (C=O) groups excluding carboxylic acids is 1. The van der Waals surface area contributed by atoms with Gasteiger partial charge in [0.2, 0.25) is 0 Å². The summed E-state index contributed by atoms with van der Waals surface area (Å²) in [5.41, 5.74) is 2.81. The lowest BCUT2D eigenvalue weighted by Gasteiger charge is -2.37. The maximum absolute atomic E-state index is 12.3. The van der Waals surface area contributed by atoms with Gasteiger partial charge in [0, 0.05) is 25.7 Å². The molecule has 178 valence electrons. The molecular formula is C22H42N4O4Si. The summed E-state index contributed by atoms with van der Waals surface area (Å²) >= 11 is 0. The number of ether oxygens (including phenoxy) is 1. The second-order valence-electron chi connectivity index (χ2n) is 10.5. The highest BCUT2D eigenvalue weighted by Crippen LogP contribution is 2.33. The molecule has 3 saturated heterocycles. The van der Waals surface area contributed by atoms with Gasteiger partial charge in [-0.2, -0.15) is 5.48 Å². The van der Waals surface area contributed by atoms with Crippen LogP contribution < -0.4 is 5.48 Å². The van der Waals surface area contributed by atoms with Crippen LogP contribution in [0, 0.1) is 0 Å². The fraction of sp³-hybridized carbons (Fsp3) is 0.909. The highest BCUT2D eigenvalue weighted by Gasteiger charge is 2.51. The molecule has 0 aromatic rings. The topological polar surface area (TPSA) is 75.6 Å². The molecule has 3 fully saturated rings. The van der Waals surface area contributed by atoms with Gasteiger partial charge >= 0.3 is 14.6 Å². The molecule has 0 spiro atoms. The molecule has 31 heavy (non-hydrogen) atoms. The van der Waals surface area contributed by atoms with Crippen LogP contribution in [0.4, 0.5) is 4.79 Å². The summed E-state index contributed by atoms with van der Waals surface area (Å²) in [4.78, 5) is 24.8. The molecule has 0 aliphatic carbocycles. The van der Waals surface area contributed by atoms with Crippen molar-refractivity contribution in [2.75, 3.05) is 26.2 Å². The molecule has 0 radical (unpaired) electrons. The van der Waals surface area contributed by atoms with Gasteiger partial charge in [-0.05, 0) is 66.0 Å². The third-order valence-corrected chi connectivity index (χ3v) is 8.78. The van der Waals surface area contributed by atoms with Crippen molar-refractivity contribution in [1.29, 1.82) is 0 Å². The van der Waals surface area contributed by atoms with Crippen molar-refractivity contribution in [2.45, 2.75) is 103 Å². The largest absolute Gasteiger partial charge is 0.519 e. The van der Waals surface area contributed by atoms with Crippen molar-refractivity contribution < 1.29 is 18.8 Å². The molecule has 0 unspecified atom stereocenters. The van der Waals surface area contributed by atoms with E-state index in [1.165, 1.54) is 0 Å². The first-order valence-electron chi connectivity index (χ1n) is 12.0. The lowest BCUT2D eigenvalue weighted by Crippen LogP contribution is -2.57. The Morgan fingerprint density at radius 3 is 2.58 bits per heavy atom. The summed E-state index contributed by atoms with van der Waals surface area (Å²) < 4.78 is 14.5. The molecular weight excluding hydrogens is 412 g/mol. The van der Waals surface area contributed by atoms with Crippen molar-refractivity contribution in [1.82, 2.24) is 14.9 Å². The van der Waals surface area contributed by atoms with E-state index in [0.29, 0.717) is 25.2 Å². The molecule has 2 atom stereocenters. The number of nitrogens with zero attached hydrogens (tertiary/aromatic N) is 3. The molecule has 0 aromatic carbocycles. The van der Waals surface area contributed by atoms with E-state index in [-0.39, 0.29) is 12.1 Å². The number of rotatable bonds is 6. The fourth-order valence-corrected chi connectivity index (χ4v) is 6.96. The molecule has 0 saturated carbocycles. The van der Waals surface area contributed by atoms with Gasteiger partial charge < -0.3 is 18.9 Å². The van der Waals surface area contributed by atoms with E-state index < -0.39 is 14.1 Å². The first-order chi connectivity index (χ1) is 14.6. The first kappa shape index (κ1) is 24.5. The van der Waals surface area contributed by atoms with Gasteiger partial charge in [0.1, 0.15) is 5.60 Å². The summed E-state index contributed by atoms with van der Waals surface area (Å²) in [7, 11) is -1.98. The van der Waals surface area contributed by atoms with Crippen molar-refractivity contribution in [3.05, 3.63) is 0 Å². The van der Waals surface area contributed by atoms with Crippen LogP contribution in [0.2, 0.25) is 13.1 Å². The van der Waals surface area contributed by atoms with Gasteiger partial charge in [-0.25, -0.2) is 4.79 Å². The van der Waals surface area contributed by atoms with E-state index in [1.807, 2.05) is 20.8 Å². The number of hydrogen-bond donors (Lipinski definition) is 1. The smallest absolute Gasteiger partial charge is 0.410 e.